The minimum absolute atomic E-state index is 0.0517. The summed E-state index contributed by atoms with van der Waals surface area (Å²) in [6, 6.07) is 5.61. The second kappa shape index (κ2) is 6.79. The Kier molecular flexibility index (Phi) is 4.76. The van der Waals surface area contributed by atoms with Crippen molar-refractivity contribution in [2.75, 3.05) is 0 Å². The molecule has 2 aromatic carbocycles. The molecule has 4 N–H and O–H groups in total. The predicted molar refractivity (Wildman–Crippen MR) is 87.7 cm³/mol. The highest BCUT2D eigenvalue weighted by Gasteiger charge is 2.66. The summed E-state index contributed by atoms with van der Waals surface area (Å²) in [4.78, 5) is 24.7. The number of hydrogen-bond acceptors (Lipinski definition) is 4. The second-order valence-electron chi connectivity index (χ2n) is 6.28. The Morgan fingerprint density at radius 2 is 1.61 bits per heavy atom. The summed E-state index contributed by atoms with van der Waals surface area (Å²) in [6.07, 6.45) is -5.39. The number of rotatable bonds is 3. The number of nitrogens with one attached hydrogen (secondary N) is 2. The number of phenols is 1. The molecule has 1 heterocycles. The van der Waals surface area contributed by atoms with Crippen LogP contribution in [0.25, 0.3) is 0 Å². The van der Waals surface area contributed by atoms with Gasteiger partial charge in [-0.15, -0.1) is 0 Å². The normalized spacial score (nSPS) is 25.0. The van der Waals surface area contributed by atoms with E-state index in [4.69, 9.17) is 0 Å². The largest absolute Gasteiger partial charge is 0.508 e. The third kappa shape index (κ3) is 3.38. The smallest absolute Gasteiger partial charge is 0.437 e. The molecule has 0 radical (unpaired) electrons. The van der Waals surface area contributed by atoms with Crippen LogP contribution in [0.2, 0.25) is 0 Å². The first-order chi connectivity index (χ1) is 13.0. The first-order valence-corrected chi connectivity index (χ1v) is 7.99. The van der Waals surface area contributed by atoms with Crippen LogP contribution in [0, 0.1) is 11.7 Å². The highest BCUT2D eigenvalue weighted by Crippen LogP contribution is 2.44. The average molecular weight is 398 g/mol. The number of halogens is 4. The fourth-order valence-electron chi connectivity index (χ4n) is 3.09. The Morgan fingerprint density at radius 3 is 2.14 bits per heavy atom. The van der Waals surface area contributed by atoms with E-state index in [2.05, 4.69) is 5.32 Å². The van der Waals surface area contributed by atoms with Crippen molar-refractivity contribution in [2.45, 2.75) is 17.9 Å². The average Bonchev–Trinajstić information content (AvgIpc) is 2.61. The van der Waals surface area contributed by atoms with Crippen molar-refractivity contribution in [3.05, 3.63) is 65.5 Å². The van der Waals surface area contributed by atoms with Crippen molar-refractivity contribution in [2.24, 2.45) is 5.92 Å². The highest BCUT2D eigenvalue weighted by atomic mass is 19.4. The van der Waals surface area contributed by atoms with Crippen LogP contribution in [-0.2, 0) is 0 Å². The van der Waals surface area contributed by atoms with E-state index in [1.54, 1.807) is 0 Å². The van der Waals surface area contributed by atoms with Gasteiger partial charge in [-0.05, 0) is 42.0 Å². The molecule has 1 aliphatic rings. The first kappa shape index (κ1) is 19.6. The number of alkyl halides is 3. The fraction of sp³-hybridized carbons (Fsp3) is 0.222. The molecule has 0 spiro atoms. The lowest BCUT2D eigenvalue weighted by Gasteiger charge is -2.45. The molecule has 3 atom stereocenters. The van der Waals surface area contributed by atoms with E-state index in [1.807, 2.05) is 0 Å². The Morgan fingerprint density at radius 1 is 1.04 bits per heavy atom. The lowest BCUT2D eigenvalue weighted by Crippen LogP contribution is -2.72. The maximum atomic E-state index is 13.7. The summed E-state index contributed by atoms with van der Waals surface area (Å²) < 4.78 is 54.2. The van der Waals surface area contributed by atoms with Crippen molar-refractivity contribution >= 4 is 11.8 Å². The summed E-state index contributed by atoms with van der Waals surface area (Å²) in [7, 11) is 0. The second-order valence-corrected chi connectivity index (χ2v) is 6.28. The van der Waals surface area contributed by atoms with Gasteiger partial charge in [0.25, 0.3) is 0 Å². The van der Waals surface area contributed by atoms with Crippen molar-refractivity contribution in [1.82, 2.24) is 10.6 Å². The molecule has 0 aliphatic carbocycles. The number of amides is 2. The number of urea groups is 1. The summed E-state index contributed by atoms with van der Waals surface area (Å²) in [5, 5.41) is 23.4. The molecule has 0 aromatic heterocycles. The summed E-state index contributed by atoms with van der Waals surface area (Å²) in [6.45, 7) is 0. The Bertz CT molecular complexity index is 899. The van der Waals surface area contributed by atoms with Crippen LogP contribution < -0.4 is 10.6 Å². The van der Waals surface area contributed by atoms with Crippen molar-refractivity contribution < 1.29 is 37.4 Å². The number of carbonyl (C=O) groups is 2. The lowest BCUT2D eigenvalue weighted by molar-refractivity contribution is -0.287. The van der Waals surface area contributed by atoms with Crippen LogP contribution in [0.1, 0.15) is 22.0 Å². The van der Waals surface area contributed by atoms with Gasteiger partial charge in [-0.3, -0.25) is 4.79 Å². The van der Waals surface area contributed by atoms with Crippen LogP contribution in [0.3, 0.4) is 0 Å². The molecule has 10 heteroatoms. The highest BCUT2D eigenvalue weighted by molar-refractivity contribution is 6.00. The topological polar surface area (TPSA) is 98.7 Å². The summed E-state index contributed by atoms with van der Waals surface area (Å²) in [5.41, 5.74) is -4.10. The fourth-order valence-corrected chi connectivity index (χ4v) is 3.09. The van der Waals surface area contributed by atoms with E-state index in [0.717, 1.165) is 36.4 Å². The number of ketones is 1. The summed E-state index contributed by atoms with van der Waals surface area (Å²) in [5.74, 6) is -4.27. The van der Waals surface area contributed by atoms with E-state index in [1.165, 1.54) is 17.4 Å². The quantitative estimate of drug-likeness (QED) is 0.472. The van der Waals surface area contributed by atoms with Crippen LogP contribution in [0.4, 0.5) is 22.4 Å². The number of carbonyl (C=O) groups excluding carboxylic acids is 2. The minimum Gasteiger partial charge on any atom is -0.508 e. The Hall–Kier alpha value is -3.14. The number of Topliss-reactive ketones (excluding diaryl/α,β-unsaturated/α-hetero) is 1. The third-order valence-electron chi connectivity index (χ3n) is 4.47. The van der Waals surface area contributed by atoms with Crippen LogP contribution in [0.5, 0.6) is 5.75 Å². The maximum absolute atomic E-state index is 13.7. The number of hydrogen-bond donors (Lipinski definition) is 4. The van der Waals surface area contributed by atoms with Gasteiger partial charge in [0.2, 0.25) is 5.72 Å². The van der Waals surface area contributed by atoms with Crippen LogP contribution in [0.15, 0.2) is 48.5 Å². The maximum Gasteiger partial charge on any atom is 0.437 e. The molecule has 28 heavy (non-hydrogen) atoms. The van der Waals surface area contributed by atoms with Gasteiger partial charge in [0.1, 0.15) is 17.5 Å². The van der Waals surface area contributed by atoms with Crippen molar-refractivity contribution in [3.8, 4) is 5.75 Å². The molecule has 1 aliphatic heterocycles. The minimum atomic E-state index is -5.39. The van der Waals surface area contributed by atoms with E-state index in [9.17, 15) is 37.4 Å². The van der Waals surface area contributed by atoms with E-state index in [-0.39, 0.29) is 16.9 Å². The molecule has 1 fully saturated rings. The monoisotopic (exact) mass is 398 g/mol. The molecule has 3 rings (SSSR count). The van der Waals surface area contributed by atoms with Gasteiger partial charge in [-0.25, -0.2) is 9.18 Å². The van der Waals surface area contributed by atoms with E-state index in [0.29, 0.717) is 0 Å². The molecule has 0 saturated carbocycles. The van der Waals surface area contributed by atoms with E-state index < -0.39 is 41.5 Å². The first-order valence-electron chi connectivity index (χ1n) is 7.99. The zero-order valence-electron chi connectivity index (χ0n) is 14.0. The van der Waals surface area contributed by atoms with Gasteiger partial charge in [0.05, 0.1) is 6.04 Å². The molecule has 2 amide bonds. The number of aliphatic hydroxyl groups is 1. The molecular formula is C18H14F4N2O4. The molecule has 1 saturated heterocycles. The Labute approximate surface area is 155 Å². The number of phenolic OH excluding ortho intramolecular Hbond substituents is 1. The van der Waals surface area contributed by atoms with Crippen molar-refractivity contribution in [1.29, 1.82) is 0 Å². The number of aromatic hydroxyl groups is 1. The Balaban J connectivity index is 2.15. The van der Waals surface area contributed by atoms with Gasteiger partial charge < -0.3 is 20.8 Å². The molecule has 148 valence electrons. The molecule has 6 nitrogen and oxygen atoms in total. The van der Waals surface area contributed by atoms with Gasteiger partial charge in [-0.1, -0.05) is 12.1 Å². The standard InChI is InChI=1S/C18H14F4N2O4/c19-11-5-1-10(2-6-11)15(26)13-14(9-3-7-12(25)8-4-9)23-16(27)24-17(13,28)18(20,21)22/h1-8,13-14,25,28H,(H2,23,24,27)/t13-,14+,17-/m0/s1. The third-order valence-corrected chi connectivity index (χ3v) is 4.47. The number of benzene rings is 2. The lowest BCUT2D eigenvalue weighted by atomic mass is 9.77. The molecule has 2 aromatic rings. The zero-order valence-corrected chi connectivity index (χ0v) is 14.0. The predicted octanol–water partition coefficient (Wildman–Crippen LogP) is 2.64. The summed E-state index contributed by atoms with van der Waals surface area (Å²) >= 11 is 0. The van der Waals surface area contributed by atoms with Gasteiger partial charge in [-0.2, -0.15) is 13.2 Å². The molecule has 0 unspecified atom stereocenters. The van der Waals surface area contributed by atoms with Gasteiger partial charge in [0.15, 0.2) is 5.78 Å². The molecule has 0 bridgehead atoms. The van der Waals surface area contributed by atoms with Gasteiger partial charge >= 0.3 is 12.2 Å². The molecular weight excluding hydrogens is 384 g/mol. The van der Waals surface area contributed by atoms with Gasteiger partial charge in [0, 0.05) is 5.56 Å². The van der Waals surface area contributed by atoms with E-state index >= 15 is 0 Å². The van der Waals surface area contributed by atoms with Crippen LogP contribution >= 0.6 is 0 Å². The zero-order chi connectivity index (χ0) is 20.7. The SMILES string of the molecule is O=C1N[C@H](c2ccc(O)cc2)[C@@H](C(=O)c2ccc(F)cc2)[C@](O)(C(F)(F)F)N1. The van der Waals surface area contributed by atoms with Crippen molar-refractivity contribution in [3.63, 3.8) is 0 Å². The van der Waals surface area contributed by atoms with Crippen LogP contribution in [-0.4, -0.2) is 33.9 Å².